The summed E-state index contributed by atoms with van der Waals surface area (Å²) in [4.78, 5) is 11.9. The Balaban J connectivity index is 1.61. The Morgan fingerprint density at radius 2 is 1.81 bits per heavy atom. The first-order chi connectivity index (χ1) is 12.5. The fraction of sp³-hybridized carbons (Fsp3) is 0.278. The predicted octanol–water partition coefficient (Wildman–Crippen LogP) is 2.70. The second-order valence-corrected chi connectivity index (χ2v) is 8.15. The van der Waals surface area contributed by atoms with Gasteiger partial charge in [-0.2, -0.15) is 0 Å². The lowest BCUT2D eigenvalue weighted by Gasteiger charge is -2.09. The van der Waals surface area contributed by atoms with Crippen LogP contribution in [0.1, 0.15) is 12.8 Å². The first-order valence-electron chi connectivity index (χ1n) is 8.17. The number of benzene rings is 2. The van der Waals surface area contributed by atoms with E-state index in [1.54, 1.807) is 12.1 Å². The lowest BCUT2D eigenvalue weighted by molar-refractivity contribution is -0.120. The Morgan fingerprint density at radius 1 is 1.04 bits per heavy atom. The van der Waals surface area contributed by atoms with Crippen molar-refractivity contribution in [1.82, 2.24) is 10.0 Å². The molecule has 2 N–H and O–H groups in total. The smallest absolute Gasteiger partial charge is 0.240 e. The number of rotatable bonds is 10. The van der Waals surface area contributed by atoms with Gasteiger partial charge in [-0.05, 0) is 36.8 Å². The molecule has 0 aliphatic carbocycles. The van der Waals surface area contributed by atoms with Crippen LogP contribution in [0.15, 0.2) is 64.0 Å². The van der Waals surface area contributed by atoms with E-state index in [4.69, 9.17) is 4.74 Å². The van der Waals surface area contributed by atoms with Crippen molar-refractivity contribution in [3.05, 3.63) is 59.1 Å². The van der Waals surface area contributed by atoms with E-state index < -0.39 is 10.0 Å². The van der Waals surface area contributed by atoms with Gasteiger partial charge in [0.2, 0.25) is 15.9 Å². The highest BCUT2D eigenvalue weighted by atomic mass is 79.9. The lowest BCUT2D eigenvalue weighted by atomic mass is 10.3. The van der Waals surface area contributed by atoms with E-state index in [2.05, 4.69) is 26.0 Å². The van der Waals surface area contributed by atoms with Gasteiger partial charge in [-0.1, -0.05) is 40.2 Å². The number of hydrogen-bond acceptors (Lipinski definition) is 4. The standard InChI is InChI=1S/C18H21BrN2O4S/c19-15-6-4-9-17(14-15)26(23,24)21-12-10-18(22)20-11-5-13-25-16-7-2-1-3-8-16/h1-4,6-9,14,21H,5,10-13H2,(H,20,22). The maximum atomic E-state index is 12.1. The minimum Gasteiger partial charge on any atom is -0.494 e. The molecule has 0 atom stereocenters. The molecule has 2 aromatic carbocycles. The zero-order chi connectivity index (χ0) is 18.8. The number of carbonyl (C=O) groups excluding carboxylic acids is 1. The number of hydrogen-bond donors (Lipinski definition) is 2. The number of carbonyl (C=O) groups is 1. The van der Waals surface area contributed by atoms with Gasteiger partial charge in [0.1, 0.15) is 5.75 Å². The van der Waals surface area contributed by atoms with Crippen LogP contribution in [0.3, 0.4) is 0 Å². The number of sulfonamides is 1. The third-order valence-corrected chi connectivity index (χ3v) is 5.36. The molecular formula is C18H21BrN2O4S. The Bertz CT molecular complexity index is 813. The van der Waals surface area contributed by atoms with Gasteiger partial charge in [0, 0.05) is 24.0 Å². The zero-order valence-electron chi connectivity index (χ0n) is 14.2. The Hall–Kier alpha value is -1.90. The van der Waals surface area contributed by atoms with Crippen LogP contribution in [0.25, 0.3) is 0 Å². The molecule has 0 radical (unpaired) electrons. The van der Waals surface area contributed by atoms with E-state index in [9.17, 15) is 13.2 Å². The summed E-state index contributed by atoms with van der Waals surface area (Å²) in [6, 6.07) is 15.8. The van der Waals surface area contributed by atoms with Crippen LogP contribution in [0.4, 0.5) is 0 Å². The highest BCUT2D eigenvalue weighted by molar-refractivity contribution is 9.10. The molecule has 0 spiro atoms. The maximum absolute atomic E-state index is 12.1. The molecule has 2 aromatic rings. The third-order valence-electron chi connectivity index (χ3n) is 3.41. The summed E-state index contributed by atoms with van der Waals surface area (Å²) in [5.41, 5.74) is 0. The van der Waals surface area contributed by atoms with Crippen LogP contribution in [-0.4, -0.2) is 34.0 Å². The van der Waals surface area contributed by atoms with Gasteiger partial charge in [0.05, 0.1) is 11.5 Å². The van der Waals surface area contributed by atoms with Crippen LogP contribution < -0.4 is 14.8 Å². The van der Waals surface area contributed by atoms with Gasteiger partial charge in [0.25, 0.3) is 0 Å². The van der Waals surface area contributed by atoms with E-state index in [1.165, 1.54) is 12.1 Å². The summed E-state index contributed by atoms with van der Waals surface area (Å²) in [5.74, 6) is 0.586. The minimum atomic E-state index is -3.62. The summed E-state index contributed by atoms with van der Waals surface area (Å²) in [7, 11) is -3.62. The molecule has 0 saturated carbocycles. The van der Waals surface area contributed by atoms with Gasteiger partial charge in [-0.25, -0.2) is 13.1 Å². The Kier molecular flexibility index (Phi) is 8.08. The van der Waals surface area contributed by atoms with E-state index >= 15 is 0 Å². The fourth-order valence-corrected chi connectivity index (χ4v) is 3.74. The predicted molar refractivity (Wildman–Crippen MR) is 104 cm³/mol. The normalized spacial score (nSPS) is 11.1. The highest BCUT2D eigenvalue weighted by Gasteiger charge is 2.14. The molecular weight excluding hydrogens is 420 g/mol. The number of nitrogens with one attached hydrogen (secondary N) is 2. The molecule has 0 fully saturated rings. The molecule has 0 aliphatic rings. The van der Waals surface area contributed by atoms with Gasteiger partial charge in [0.15, 0.2) is 0 Å². The van der Waals surface area contributed by atoms with Crippen molar-refractivity contribution in [3.8, 4) is 5.75 Å². The Morgan fingerprint density at radius 3 is 2.54 bits per heavy atom. The van der Waals surface area contributed by atoms with Crippen molar-refractivity contribution in [1.29, 1.82) is 0 Å². The van der Waals surface area contributed by atoms with Crippen LogP contribution in [0.5, 0.6) is 5.75 Å². The van der Waals surface area contributed by atoms with Gasteiger partial charge in [-0.15, -0.1) is 0 Å². The molecule has 0 aliphatic heterocycles. The van der Waals surface area contributed by atoms with Crippen LogP contribution in [0, 0.1) is 0 Å². The number of ether oxygens (including phenoxy) is 1. The van der Waals surface area contributed by atoms with Gasteiger partial charge in [-0.3, -0.25) is 4.79 Å². The third kappa shape index (κ3) is 7.15. The highest BCUT2D eigenvalue weighted by Crippen LogP contribution is 2.15. The fourth-order valence-electron chi connectivity index (χ4n) is 2.11. The molecule has 1 amide bonds. The second-order valence-electron chi connectivity index (χ2n) is 5.47. The van der Waals surface area contributed by atoms with Crippen LogP contribution >= 0.6 is 15.9 Å². The molecule has 0 aromatic heterocycles. The molecule has 140 valence electrons. The maximum Gasteiger partial charge on any atom is 0.240 e. The average Bonchev–Trinajstić information content (AvgIpc) is 2.62. The summed E-state index contributed by atoms with van der Waals surface area (Å²) in [6.45, 7) is 1.02. The SMILES string of the molecule is O=C(CCNS(=O)(=O)c1cccc(Br)c1)NCCCOc1ccccc1. The van der Waals surface area contributed by atoms with Crippen molar-refractivity contribution in [2.24, 2.45) is 0 Å². The summed E-state index contributed by atoms with van der Waals surface area (Å²) in [5, 5.41) is 2.74. The molecule has 8 heteroatoms. The quantitative estimate of drug-likeness (QED) is 0.556. The Labute approximate surface area is 162 Å². The molecule has 0 bridgehead atoms. The first kappa shape index (κ1) is 20.4. The molecule has 26 heavy (non-hydrogen) atoms. The first-order valence-corrected chi connectivity index (χ1v) is 10.4. The molecule has 0 unspecified atom stereocenters. The molecule has 6 nitrogen and oxygen atoms in total. The van der Waals surface area contributed by atoms with Crippen LogP contribution in [-0.2, 0) is 14.8 Å². The second kappa shape index (κ2) is 10.3. The summed E-state index contributed by atoms with van der Waals surface area (Å²) < 4.78 is 32.9. The monoisotopic (exact) mass is 440 g/mol. The largest absolute Gasteiger partial charge is 0.494 e. The summed E-state index contributed by atoms with van der Waals surface area (Å²) >= 11 is 3.24. The van der Waals surface area contributed by atoms with Gasteiger partial charge >= 0.3 is 0 Å². The van der Waals surface area contributed by atoms with Crippen LogP contribution in [0.2, 0.25) is 0 Å². The summed E-state index contributed by atoms with van der Waals surface area (Å²) in [6.07, 6.45) is 0.747. The number of para-hydroxylation sites is 1. The van der Waals surface area contributed by atoms with Crippen molar-refractivity contribution in [2.75, 3.05) is 19.7 Å². The average molecular weight is 441 g/mol. The van der Waals surface area contributed by atoms with E-state index in [0.29, 0.717) is 24.0 Å². The van der Waals surface area contributed by atoms with E-state index in [1.807, 2.05) is 30.3 Å². The molecule has 0 heterocycles. The topological polar surface area (TPSA) is 84.5 Å². The van der Waals surface area contributed by atoms with Crippen molar-refractivity contribution in [2.45, 2.75) is 17.7 Å². The van der Waals surface area contributed by atoms with E-state index in [0.717, 1.165) is 5.75 Å². The minimum absolute atomic E-state index is 0.0429. The molecule has 0 saturated heterocycles. The van der Waals surface area contributed by atoms with Crippen molar-refractivity contribution >= 4 is 31.9 Å². The van der Waals surface area contributed by atoms with Crippen molar-refractivity contribution in [3.63, 3.8) is 0 Å². The number of halogens is 1. The zero-order valence-corrected chi connectivity index (χ0v) is 16.6. The lowest BCUT2D eigenvalue weighted by Crippen LogP contribution is -2.31. The van der Waals surface area contributed by atoms with E-state index in [-0.39, 0.29) is 23.8 Å². The molecule has 2 rings (SSSR count). The number of amides is 1. The van der Waals surface area contributed by atoms with Gasteiger partial charge < -0.3 is 10.1 Å². The van der Waals surface area contributed by atoms with Crippen molar-refractivity contribution < 1.29 is 17.9 Å².